The third-order valence-electron chi connectivity index (χ3n) is 2.96. The number of hydrogen-bond acceptors (Lipinski definition) is 3. The van der Waals surface area contributed by atoms with Gasteiger partial charge in [0, 0.05) is 16.6 Å². The first kappa shape index (κ1) is 12.6. The first-order chi connectivity index (χ1) is 8.27. The summed E-state index contributed by atoms with van der Waals surface area (Å²) in [5, 5.41) is 3.22. The van der Waals surface area contributed by atoms with Gasteiger partial charge in [-0.3, -0.25) is 4.79 Å². The Balaban J connectivity index is 1.85. The van der Waals surface area contributed by atoms with E-state index in [-0.39, 0.29) is 11.9 Å². The molecule has 0 aromatic heterocycles. The molecule has 0 bridgehead atoms. The molecule has 0 radical (unpaired) electrons. The van der Waals surface area contributed by atoms with Gasteiger partial charge in [0.25, 0.3) is 0 Å². The minimum Gasteiger partial charge on any atom is -0.461 e. The monoisotopic (exact) mass is 297 g/mol. The van der Waals surface area contributed by atoms with Crippen molar-refractivity contribution in [2.24, 2.45) is 5.92 Å². The van der Waals surface area contributed by atoms with E-state index >= 15 is 0 Å². The normalized spacial score (nSPS) is 19.9. The molecule has 2 rings (SSSR count). The number of ether oxygens (including phenoxy) is 1. The average molecular weight is 298 g/mol. The van der Waals surface area contributed by atoms with Crippen molar-refractivity contribution in [2.75, 3.05) is 13.1 Å². The van der Waals surface area contributed by atoms with Gasteiger partial charge < -0.3 is 10.1 Å². The third-order valence-corrected chi connectivity index (χ3v) is 3.73. The highest BCUT2D eigenvalue weighted by atomic mass is 79.9. The smallest absolute Gasteiger partial charge is 0.310 e. The van der Waals surface area contributed by atoms with E-state index in [9.17, 15) is 4.79 Å². The Labute approximate surface area is 110 Å². The molecule has 1 atom stereocenters. The Kier molecular flexibility index (Phi) is 4.57. The summed E-state index contributed by atoms with van der Waals surface area (Å²) in [5.41, 5.74) is 1.00. The van der Waals surface area contributed by atoms with E-state index < -0.39 is 0 Å². The van der Waals surface area contributed by atoms with Crippen molar-refractivity contribution < 1.29 is 9.53 Å². The van der Waals surface area contributed by atoms with Crippen LogP contribution in [0.25, 0.3) is 0 Å². The molecule has 3 nitrogen and oxygen atoms in total. The van der Waals surface area contributed by atoms with Crippen LogP contribution in [0.3, 0.4) is 0 Å². The predicted octanol–water partition coefficient (Wildman–Crippen LogP) is 2.49. The number of hydrogen-bond donors (Lipinski definition) is 1. The Bertz CT molecular complexity index is 389. The predicted molar refractivity (Wildman–Crippen MR) is 69.5 cm³/mol. The number of halogens is 1. The molecule has 17 heavy (non-hydrogen) atoms. The van der Waals surface area contributed by atoms with E-state index in [2.05, 4.69) is 21.2 Å². The largest absolute Gasteiger partial charge is 0.461 e. The van der Waals surface area contributed by atoms with Gasteiger partial charge in [0.15, 0.2) is 0 Å². The van der Waals surface area contributed by atoms with Crippen molar-refractivity contribution in [3.8, 4) is 0 Å². The minimum absolute atomic E-state index is 0.0197. The van der Waals surface area contributed by atoms with E-state index in [4.69, 9.17) is 4.74 Å². The summed E-state index contributed by atoms with van der Waals surface area (Å²) < 4.78 is 6.32. The lowest BCUT2D eigenvalue weighted by atomic mass is 10.0. The van der Waals surface area contributed by atoms with Gasteiger partial charge in [-0.2, -0.15) is 0 Å². The van der Waals surface area contributed by atoms with Gasteiger partial charge in [0.1, 0.15) is 6.61 Å². The minimum atomic E-state index is -0.0899. The van der Waals surface area contributed by atoms with Gasteiger partial charge in [-0.1, -0.05) is 34.1 Å². The topological polar surface area (TPSA) is 38.3 Å². The van der Waals surface area contributed by atoms with Crippen LogP contribution in [-0.4, -0.2) is 19.1 Å². The maximum Gasteiger partial charge on any atom is 0.310 e. The zero-order valence-corrected chi connectivity index (χ0v) is 11.2. The van der Waals surface area contributed by atoms with E-state index in [1.165, 1.54) is 0 Å². The number of piperidine rings is 1. The van der Waals surface area contributed by atoms with Gasteiger partial charge in [-0.05, 0) is 25.5 Å². The molecule has 0 aliphatic carbocycles. The summed E-state index contributed by atoms with van der Waals surface area (Å²) >= 11 is 3.44. The van der Waals surface area contributed by atoms with Crippen LogP contribution in [0.4, 0.5) is 0 Å². The molecule has 4 heteroatoms. The molecule has 92 valence electrons. The Morgan fingerprint density at radius 1 is 1.47 bits per heavy atom. The first-order valence-corrected chi connectivity index (χ1v) is 6.67. The molecule has 0 spiro atoms. The molecule has 1 aromatic carbocycles. The Hall–Kier alpha value is -0.870. The standard InChI is InChI=1S/C13H16BrNO2/c14-12-6-2-1-4-11(12)9-17-13(16)10-5-3-7-15-8-10/h1-2,4,6,10,15H,3,5,7-9H2. The fourth-order valence-electron chi connectivity index (χ4n) is 1.94. The van der Waals surface area contributed by atoms with E-state index in [0.717, 1.165) is 36.0 Å². The lowest BCUT2D eigenvalue weighted by molar-refractivity contribution is -0.150. The van der Waals surface area contributed by atoms with Crippen molar-refractivity contribution in [3.63, 3.8) is 0 Å². The molecular formula is C13H16BrNO2. The molecule has 1 N–H and O–H groups in total. The summed E-state index contributed by atoms with van der Waals surface area (Å²) in [7, 11) is 0. The highest BCUT2D eigenvalue weighted by Crippen LogP contribution is 2.18. The summed E-state index contributed by atoms with van der Waals surface area (Å²) in [6.07, 6.45) is 1.98. The van der Waals surface area contributed by atoms with Crippen LogP contribution in [0.5, 0.6) is 0 Å². The van der Waals surface area contributed by atoms with Gasteiger partial charge >= 0.3 is 5.97 Å². The molecule has 1 aromatic rings. The van der Waals surface area contributed by atoms with Crippen LogP contribution in [0.2, 0.25) is 0 Å². The van der Waals surface area contributed by atoms with Crippen molar-refractivity contribution in [1.29, 1.82) is 0 Å². The third kappa shape index (κ3) is 3.54. The summed E-state index contributed by atoms with van der Waals surface area (Å²) in [6, 6.07) is 7.79. The van der Waals surface area contributed by atoms with E-state index in [1.807, 2.05) is 24.3 Å². The van der Waals surface area contributed by atoms with Crippen molar-refractivity contribution in [1.82, 2.24) is 5.32 Å². The second kappa shape index (κ2) is 6.17. The second-order valence-electron chi connectivity index (χ2n) is 4.24. The fourth-order valence-corrected chi connectivity index (χ4v) is 2.33. The van der Waals surface area contributed by atoms with Crippen LogP contribution in [-0.2, 0) is 16.1 Å². The molecule has 1 unspecified atom stereocenters. The molecule has 1 aliphatic rings. The zero-order valence-electron chi connectivity index (χ0n) is 9.62. The number of rotatable bonds is 3. The molecule has 1 aliphatic heterocycles. The highest BCUT2D eigenvalue weighted by Gasteiger charge is 2.22. The van der Waals surface area contributed by atoms with Gasteiger partial charge in [-0.25, -0.2) is 0 Å². The number of carbonyl (C=O) groups is 1. The lowest BCUT2D eigenvalue weighted by Gasteiger charge is -2.21. The number of nitrogens with one attached hydrogen (secondary N) is 1. The van der Waals surface area contributed by atoms with Gasteiger partial charge in [0.05, 0.1) is 5.92 Å². The van der Waals surface area contributed by atoms with Crippen molar-refractivity contribution in [2.45, 2.75) is 19.4 Å². The number of carbonyl (C=O) groups excluding carboxylic acids is 1. The zero-order chi connectivity index (χ0) is 12.1. The van der Waals surface area contributed by atoms with Gasteiger partial charge in [0.2, 0.25) is 0 Å². The Morgan fingerprint density at radius 3 is 3.00 bits per heavy atom. The second-order valence-corrected chi connectivity index (χ2v) is 5.10. The molecule has 1 fully saturated rings. The average Bonchev–Trinajstić information content (AvgIpc) is 2.38. The van der Waals surface area contributed by atoms with Crippen LogP contribution in [0.1, 0.15) is 18.4 Å². The van der Waals surface area contributed by atoms with Crippen LogP contribution in [0.15, 0.2) is 28.7 Å². The van der Waals surface area contributed by atoms with Crippen LogP contribution < -0.4 is 5.32 Å². The summed E-state index contributed by atoms with van der Waals surface area (Å²) in [4.78, 5) is 11.8. The molecule has 0 saturated carbocycles. The first-order valence-electron chi connectivity index (χ1n) is 5.88. The number of benzene rings is 1. The summed E-state index contributed by atoms with van der Waals surface area (Å²) in [6.45, 7) is 2.10. The van der Waals surface area contributed by atoms with E-state index in [1.54, 1.807) is 0 Å². The SMILES string of the molecule is O=C(OCc1ccccc1Br)C1CCCNC1. The van der Waals surface area contributed by atoms with Crippen LogP contribution >= 0.6 is 15.9 Å². The van der Waals surface area contributed by atoms with Crippen molar-refractivity contribution >= 4 is 21.9 Å². The quantitative estimate of drug-likeness (QED) is 0.871. The molecule has 1 saturated heterocycles. The van der Waals surface area contributed by atoms with Crippen LogP contribution in [0, 0.1) is 5.92 Å². The fraction of sp³-hybridized carbons (Fsp3) is 0.462. The maximum absolute atomic E-state index is 11.8. The maximum atomic E-state index is 11.8. The summed E-state index contributed by atoms with van der Waals surface area (Å²) in [5.74, 6) is -0.0702. The lowest BCUT2D eigenvalue weighted by Crippen LogP contribution is -2.35. The highest BCUT2D eigenvalue weighted by molar-refractivity contribution is 9.10. The molecule has 1 heterocycles. The van der Waals surface area contributed by atoms with Crippen molar-refractivity contribution in [3.05, 3.63) is 34.3 Å². The Morgan fingerprint density at radius 2 is 2.29 bits per heavy atom. The number of esters is 1. The molecular weight excluding hydrogens is 282 g/mol. The van der Waals surface area contributed by atoms with E-state index in [0.29, 0.717) is 6.61 Å². The molecule has 0 amide bonds. The van der Waals surface area contributed by atoms with Gasteiger partial charge in [-0.15, -0.1) is 0 Å².